The van der Waals surface area contributed by atoms with Gasteiger partial charge in [-0.15, -0.1) is 0 Å². The van der Waals surface area contributed by atoms with Crippen LogP contribution in [0.1, 0.15) is 37.7 Å². The highest BCUT2D eigenvalue weighted by Crippen LogP contribution is 2.33. The molecule has 1 saturated heterocycles. The molecule has 0 radical (unpaired) electrons. The molecule has 0 spiro atoms. The number of benzene rings is 1. The van der Waals surface area contributed by atoms with Crippen LogP contribution < -0.4 is 5.32 Å². The first-order valence-corrected chi connectivity index (χ1v) is 8.41. The van der Waals surface area contributed by atoms with Crippen molar-refractivity contribution in [1.82, 2.24) is 10.2 Å². The first-order valence-electron chi connectivity index (χ1n) is 8.41. The summed E-state index contributed by atoms with van der Waals surface area (Å²) in [6, 6.07) is 11.7. The van der Waals surface area contributed by atoms with Crippen molar-refractivity contribution in [3.05, 3.63) is 35.9 Å². The standard InChI is InChI=1S/C18H28N2/c1-2-7-16(8-3-1)9-4-5-13-20-14-6-12-19-18(15-20)17-10-11-17/h1-3,7-8,17-19H,4-6,9-15H2. The molecule has 20 heavy (non-hydrogen) atoms. The summed E-state index contributed by atoms with van der Waals surface area (Å²) in [6.07, 6.45) is 8.13. The van der Waals surface area contributed by atoms with Gasteiger partial charge in [-0.3, -0.25) is 0 Å². The third-order valence-electron chi connectivity index (χ3n) is 4.74. The van der Waals surface area contributed by atoms with Crippen molar-refractivity contribution in [2.45, 2.75) is 44.6 Å². The van der Waals surface area contributed by atoms with Gasteiger partial charge in [0.15, 0.2) is 0 Å². The molecule has 1 aromatic carbocycles. The molecule has 0 bridgehead atoms. The van der Waals surface area contributed by atoms with Gasteiger partial charge in [-0.05, 0) is 69.6 Å². The quantitative estimate of drug-likeness (QED) is 0.801. The number of unbranched alkanes of at least 4 members (excludes halogenated alkanes) is 1. The molecule has 2 aliphatic rings. The van der Waals surface area contributed by atoms with Gasteiger partial charge in [-0.25, -0.2) is 0 Å². The second kappa shape index (κ2) is 7.24. The molecule has 1 aliphatic heterocycles. The molecule has 1 saturated carbocycles. The van der Waals surface area contributed by atoms with E-state index in [0.29, 0.717) is 0 Å². The lowest BCUT2D eigenvalue weighted by Gasteiger charge is -2.24. The monoisotopic (exact) mass is 272 g/mol. The van der Waals surface area contributed by atoms with Gasteiger partial charge in [0.05, 0.1) is 0 Å². The van der Waals surface area contributed by atoms with E-state index in [4.69, 9.17) is 0 Å². The van der Waals surface area contributed by atoms with Crippen LogP contribution in [0.25, 0.3) is 0 Å². The number of nitrogens with one attached hydrogen (secondary N) is 1. The fraction of sp³-hybridized carbons (Fsp3) is 0.667. The summed E-state index contributed by atoms with van der Waals surface area (Å²) in [6.45, 7) is 5.09. The van der Waals surface area contributed by atoms with Crippen molar-refractivity contribution in [3.8, 4) is 0 Å². The average Bonchev–Trinajstić information content (AvgIpc) is 3.31. The van der Waals surface area contributed by atoms with Gasteiger partial charge in [0.1, 0.15) is 0 Å². The molecule has 1 aromatic rings. The van der Waals surface area contributed by atoms with Crippen molar-refractivity contribution >= 4 is 0 Å². The fourth-order valence-corrected chi connectivity index (χ4v) is 3.35. The average molecular weight is 272 g/mol. The second-order valence-corrected chi connectivity index (χ2v) is 6.49. The number of nitrogens with zero attached hydrogens (tertiary/aromatic N) is 1. The van der Waals surface area contributed by atoms with E-state index in [9.17, 15) is 0 Å². The van der Waals surface area contributed by atoms with Crippen LogP contribution in [0.3, 0.4) is 0 Å². The molecule has 1 heterocycles. The SMILES string of the molecule is c1ccc(CCCCN2CCCNC(C3CC3)C2)cc1. The Bertz CT molecular complexity index is 386. The van der Waals surface area contributed by atoms with E-state index in [0.717, 1.165) is 12.0 Å². The zero-order valence-corrected chi connectivity index (χ0v) is 12.6. The summed E-state index contributed by atoms with van der Waals surface area (Å²) in [5, 5.41) is 3.75. The molecule has 1 N–H and O–H groups in total. The predicted octanol–water partition coefficient (Wildman–Crippen LogP) is 3.08. The largest absolute Gasteiger partial charge is 0.312 e. The minimum Gasteiger partial charge on any atom is -0.312 e. The maximum atomic E-state index is 3.75. The maximum absolute atomic E-state index is 3.75. The van der Waals surface area contributed by atoms with E-state index < -0.39 is 0 Å². The Morgan fingerprint density at radius 1 is 1.10 bits per heavy atom. The summed E-state index contributed by atoms with van der Waals surface area (Å²) in [5.41, 5.74) is 1.49. The van der Waals surface area contributed by atoms with Gasteiger partial charge in [0.2, 0.25) is 0 Å². The summed E-state index contributed by atoms with van der Waals surface area (Å²) >= 11 is 0. The smallest absolute Gasteiger partial charge is 0.0223 e. The van der Waals surface area contributed by atoms with E-state index >= 15 is 0 Å². The Labute approximate surface area is 123 Å². The van der Waals surface area contributed by atoms with Crippen molar-refractivity contribution in [2.24, 2.45) is 5.92 Å². The summed E-state index contributed by atoms with van der Waals surface area (Å²) in [5.74, 6) is 0.986. The van der Waals surface area contributed by atoms with Crippen molar-refractivity contribution in [1.29, 1.82) is 0 Å². The van der Waals surface area contributed by atoms with Crippen LogP contribution in [-0.2, 0) is 6.42 Å². The number of hydrogen-bond donors (Lipinski definition) is 1. The van der Waals surface area contributed by atoms with Gasteiger partial charge in [0.25, 0.3) is 0 Å². The lowest BCUT2D eigenvalue weighted by molar-refractivity contribution is 0.254. The first kappa shape index (κ1) is 14.1. The van der Waals surface area contributed by atoms with Gasteiger partial charge >= 0.3 is 0 Å². The molecule has 110 valence electrons. The molecule has 1 aliphatic carbocycles. The van der Waals surface area contributed by atoms with Crippen LogP contribution in [-0.4, -0.2) is 37.1 Å². The van der Waals surface area contributed by atoms with Gasteiger partial charge in [0, 0.05) is 12.6 Å². The minimum absolute atomic E-state index is 0.784. The van der Waals surface area contributed by atoms with Gasteiger partial charge in [-0.1, -0.05) is 30.3 Å². The Hall–Kier alpha value is -0.860. The highest BCUT2D eigenvalue weighted by molar-refractivity contribution is 5.14. The molecule has 0 aromatic heterocycles. The highest BCUT2D eigenvalue weighted by Gasteiger charge is 2.32. The van der Waals surface area contributed by atoms with Crippen LogP contribution in [0.15, 0.2) is 30.3 Å². The second-order valence-electron chi connectivity index (χ2n) is 6.49. The maximum Gasteiger partial charge on any atom is 0.0223 e. The molecular formula is C18H28N2. The van der Waals surface area contributed by atoms with Gasteiger partial charge < -0.3 is 10.2 Å². The topological polar surface area (TPSA) is 15.3 Å². The van der Waals surface area contributed by atoms with Crippen molar-refractivity contribution < 1.29 is 0 Å². The fourth-order valence-electron chi connectivity index (χ4n) is 3.35. The normalized spacial score (nSPS) is 24.5. The number of rotatable bonds is 6. The van der Waals surface area contributed by atoms with Crippen LogP contribution >= 0.6 is 0 Å². The third-order valence-corrected chi connectivity index (χ3v) is 4.74. The lowest BCUT2D eigenvalue weighted by atomic mass is 10.1. The number of hydrogen-bond acceptors (Lipinski definition) is 2. The number of aryl methyl sites for hydroxylation is 1. The molecular weight excluding hydrogens is 244 g/mol. The third kappa shape index (κ3) is 4.32. The first-order chi connectivity index (χ1) is 9.92. The van der Waals surface area contributed by atoms with E-state index in [1.54, 1.807) is 0 Å². The van der Waals surface area contributed by atoms with Crippen LogP contribution in [0.4, 0.5) is 0 Å². The Kier molecular flexibility index (Phi) is 5.10. The molecule has 2 fully saturated rings. The van der Waals surface area contributed by atoms with Gasteiger partial charge in [-0.2, -0.15) is 0 Å². The highest BCUT2D eigenvalue weighted by atomic mass is 15.2. The zero-order chi connectivity index (χ0) is 13.6. The molecule has 2 nitrogen and oxygen atoms in total. The molecule has 1 unspecified atom stereocenters. The van der Waals surface area contributed by atoms with Crippen molar-refractivity contribution in [3.63, 3.8) is 0 Å². The molecule has 3 rings (SSSR count). The van der Waals surface area contributed by atoms with E-state index in [1.165, 1.54) is 70.3 Å². The van der Waals surface area contributed by atoms with Crippen LogP contribution in [0.5, 0.6) is 0 Å². The van der Waals surface area contributed by atoms with E-state index in [2.05, 4.69) is 40.5 Å². The molecule has 0 amide bonds. The Balaban J connectivity index is 1.36. The summed E-state index contributed by atoms with van der Waals surface area (Å²) in [4.78, 5) is 2.70. The van der Waals surface area contributed by atoms with Crippen molar-refractivity contribution in [2.75, 3.05) is 26.2 Å². The summed E-state index contributed by atoms with van der Waals surface area (Å²) < 4.78 is 0. The Morgan fingerprint density at radius 2 is 1.95 bits per heavy atom. The summed E-state index contributed by atoms with van der Waals surface area (Å²) in [7, 11) is 0. The minimum atomic E-state index is 0.784. The lowest BCUT2D eigenvalue weighted by Crippen LogP contribution is -2.39. The zero-order valence-electron chi connectivity index (χ0n) is 12.6. The Morgan fingerprint density at radius 3 is 2.75 bits per heavy atom. The molecule has 2 heteroatoms. The van der Waals surface area contributed by atoms with Crippen LogP contribution in [0, 0.1) is 5.92 Å². The predicted molar refractivity (Wildman–Crippen MR) is 85.0 cm³/mol. The molecule has 1 atom stereocenters. The van der Waals surface area contributed by atoms with E-state index in [1.807, 2.05) is 0 Å². The van der Waals surface area contributed by atoms with E-state index in [-0.39, 0.29) is 0 Å². The van der Waals surface area contributed by atoms with Crippen LogP contribution in [0.2, 0.25) is 0 Å².